The minimum atomic E-state index is 0.109. The van der Waals surface area contributed by atoms with Crippen LogP contribution in [0.5, 0.6) is 0 Å². The second kappa shape index (κ2) is 7.14. The van der Waals surface area contributed by atoms with Crippen LogP contribution in [-0.4, -0.2) is 41.9 Å². The zero-order valence-corrected chi connectivity index (χ0v) is 13.3. The van der Waals surface area contributed by atoms with Crippen molar-refractivity contribution >= 4 is 17.7 Å². The number of carbonyl (C=O) groups is 1. The molecule has 0 unspecified atom stereocenters. The zero-order chi connectivity index (χ0) is 14.5. The molecule has 2 atom stereocenters. The Labute approximate surface area is 125 Å². The average Bonchev–Trinajstić information content (AvgIpc) is 2.43. The summed E-state index contributed by atoms with van der Waals surface area (Å²) in [6, 6.07) is 7.92. The lowest BCUT2D eigenvalue weighted by atomic mass is 10.1. The summed E-state index contributed by atoms with van der Waals surface area (Å²) in [5, 5.41) is 0. The van der Waals surface area contributed by atoms with Gasteiger partial charge in [0, 0.05) is 18.0 Å². The van der Waals surface area contributed by atoms with Gasteiger partial charge in [0.1, 0.15) is 0 Å². The van der Waals surface area contributed by atoms with Gasteiger partial charge >= 0.3 is 0 Å². The Morgan fingerprint density at radius 3 is 2.60 bits per heavy atom. The van der Waals surface area contributed by atoms with Crippen molar-refractivity contribution in [2.75, 3.05) is 18.8 Å². The number of benzene rings is 1. The Kier molecular flexibility index (Phi) is 5.49. The smallest absolute Gasteiger partial charge is 0.255 e. The predicted molar refractivity (Wildman–Crippen MR) is 83.4 cm³/mol. The summed E-state index contributed by atoms with van der Waals surface area (Å²) in [5.74, 6) is 1.17. The van der Waals surface area contributed by atoms with Crippen molar-refractivity contribution in [3.05, 3.63) is 29.8 Å². The van der Waals surface area contributed by atoms with Crippen molar-refractivity contribution in [3.63, 3.8) is 0 Å². The molecule has 1 aliphatic heterocycles. The highest BCUT2D eigenvalue weighted by molar-refractivity contribution is 7.99. The predicted octanol–water partition coefficient (Wildman–Crippen LogP) is 3.44. The monoisotopic (exact) mass is 293 g/mol. The van der Waals surface area contributed by atoms with Gasteiger partial charge in [-0.05, 0) is 38.2 Å². The Balaban J connectivity index is 2.15. The number of hydrogen-bond donors (Lipinski definition) is 0. The number of morpholine rings is 1. The standard InChI is InChI=1S/C16H23NO2S/c1-4-9-20-15-8-6-5-7-14(15)16(18)17-10-12(2)19-13(3)11-17/h5-8,12-13H,4,9-11H2,1-3H3/t12-,13+. The lowest BCUT2D eigenvalue weighted by molar-refractivity contribution is -0.0586. The molecule has 1 aromatic carbocycles. The zero-order valence-electron chi connectivity index (χ0n) is 12.5. The van der Waals surface area contributed by atoms with Crippen molar-refractivity contribution < 1.29 is 9.53 Å². The molecule has 1 amide bonds. The molecule has 0 saturated carbocycles. The Hall–Kier alpha value is -1.00. The van der Waals surface area contributed by atoms with Crippen LogP contribution < -0.4 is 0 Å². The van der Waals surface area contributed by atoms with Gasteiger partial charge in [0.15, 0.2) is 0 Å². The normalized spacial score (nSPS) is 22.9. The maximum atomic E-state index is 12.7. The van der Waals surface area contributed by atoms with Gasteiger partial charge in [-0.25, -0.2) is 0 Å². The van der Waals surface area contributed by atoms with Crippen LogP contribution in [0.1, 0.15) is 37.6 Å². The number of hydrogen-bond acceptors (Lipinski definition) is 3. The summed E-state index contributed by atoms with van der Waals surface area (Å²) >= 11 is 1.76. The van der Waals surface area contributed by atoms with E-state index in [9.17, 15) is 4.79 Å². The van der Waals surface area contributed by atoms with Crippen LogP contribution in [-0.2, 0) is 4.74 Å². The number of amides is 1. The molecule has 1 aliphatic rings. The van der Waals surface area contributed by atoms with Gasteiger partial charge in [-0.3, -0.25) is 4.79 Å². The lowest BCUT2D eigenvalue weighted by Gasteiger charge is -2.35. The maximum absolute atomic E-state index is 12.7. The average molecular weight is 293 g/mol. The highest BCUT2D eigenvalue weighted by Gasteiger charge is 2.27. The van der Waals surface area contributed by atoms with E-state index in [-0.39, 0.29) is 18.1 Å². The molecule has 0 spiro atoms. The molecule has 1 heterocycles. The molecule has 0 bridgehead atoms. The lowest BCUT2D eigenvalue weighted by Crippen LogP contribution is -2.48. The van der Waals surface area contributed by atoms with Crippen molar-refractivity contribution in [1.82, 2.24) is 4.90 Å². The number of thioether (sulfide) groups is 1. The molecule has 1 aromatic rings. The van der Waals surface area contributed by atoms with Crippen molar-refractivity contribution in [2.24, 2.45) is 0 Å². The summed E-state index contributed by atoms with van der Waals surface area (Å²) in [7, 11) is 0. The number of carbonyl (C=O) groups excluding carboxylic acids is 1. The quantitative estimate of drug-likeness (QED) is 0.797. The topological polar surface area (TPSA) is 29.5 Å². The highest BCUT2D eigenvalue weighted by Crippen LogP contribution is 2.25. The van der Waals surface area contributed by atoms with E-state index in [1.54, 1.807) is 11.8 Å². The summed E-state index contributed by atoms with van der Waals surface area (Å²) in [5.41, 5.74) is 0.826. The van der Waals surface area contributed by atoms with Gasteiger partial charge in [-0.1, -0.05) is 19.1 Å². The largest absolute Gasteiger partial charge is 0.372 e. The molecule has 110 valence electrons. The van der Waals surface area contributed by atoms with E-state index in [1.165, 1.54) is 0 Å². The van der Waals surface area contributed by atoms with Crippen molar-refractivity contribution in [1.29, 1.82) is 0 Å². The van der Waals surface area contributed by atoms with E-state index < -0.39 is 0 Å². The SMILES string of the molecule is CCCSc1ccccc1C(=O)N1C[C@@H](C)O[C@@H](C)C1. The first-order chi connectivity index (χ1) is 9.61. The van der Waals surface area contributed by atoms with Crippen LogP contribution in [0.15, 0.2) is 29.2 Å². The molecule has 1 fully saturated rings. The third-order valence-corrected chi connectivity index (χ3v) is 4.57. The highest BCUT2D eigenvalue weighted by atomic mass is 32.2. The third-order valence-electron chi connectivity index (χ3n) is 3.29. The number of ether oxygens (including phenoxy) is 1. The molecule has 0 aromatic heterocycles. The first-order valence-corrected chi connectivity index (χ1v) is 8.27. The van der Waals surface area contributed by atoms with Gasteiger partial charge < -0.3 is 9.64 Å². The number of rotatable bonds is 4. The maximum Gasteiger partial charge on any atom is 0.255 e. The first kappa shape index (κ1) is 15.4. The molecule has 0 aliphatic carbocycles. The van der Waals surface area contributed by atoms with E-state index in [4.69, 9.17) is 4.74 Å². The van der Waals surface area contributed by atoms with E-state index in [1.807, 2.05) is 43.0 Å². The second-order valence-electron chi connectivity index (χ2n) is 5.31. The van der Waals surface area contributed by atoms with Gasteiger partial charge in [0.05, 0.1) is 17.8 Å². The fourth-order valence-corrected chi connectivity index (χ4v) is 3.40. The molecular formula is C16H23NO2S. The van der Waals surface area contributed by atoms with Crippen LogP contribution >= 0.6 is 11.8 Å². The van der Waals surface area contributed by atoms with E-state index in [2.05, 4.69) is 6.92 Å². The molecule has 3 nitrogen and oxygen atoms in total. The van der Waals surface area contributed by atoms with Gasteiger partial charge in [0.25, 0.3) is 5.91 Å². The fourth-order valence-electron chi connectivity index (χ4n) is 2.50. The molecule has 4 heteroatoms. The van der Waals surface area contributed by atoms with Crippen molar-refractivity contribution in [2.45, 2.75) is 44.3 Å². The van der Waals surface area contributed by atoms with E-state index in [0.29, 0.717) is 13.1 Å². The minimum absolute atomic E-state index is 0.109. The van der Waals surface area contributed by atoms with Crippen LogP contribution in [0.3, 0.4) is 0 Å². The van der Waals surface area contributed by atoms with Crippen LogP contribution in [0.4, 0.5) is 0 Å². The number of nitrogens with zero attached hydrogens (tertiary/aromatic N) is 1. The molecule has 1 saturated heterocycles. The van der Waals surface area contributed by atoms with E-state index >= 15 is 0 Å². The summed E-state index contributed by atoms with van der Waals surface area (Å²) in [6.07, 6.45) is 1.33. The van der Waals surface area contributed by atoms with Gasteiger partial charge in [-0.15, -0.1) is 11.8 Å². The first-order valence-electron chi connectivity index (χ1n) is 7.28. The fraction of sp³-hybridized carbons (Fsp3) is 0.562. The van der Waals surface area contributed by atoms with Crippen LogP contribution in [0.2, 0.25) is 0 Å². The second-order valence-corrected chi connectivity index (χ2v) is 6.45. The minimum Gasteiger partial charge on any atom is -0.372 e. The summed E-state index contributed by atoms with van der Waals surface area (Å²) in [4.78, 5) is 15.7. The van der Waals surface area contributed by atoms with Gasteiger partial charge in [0.2, 0.25) is 0 Å². The third kappa shape index (κ3) is 3.76. The van der Waals surface area contributed by atoms with E-state index in [0.717, 1.165) is 22.6 Å². The summed E-state index contributed by atoms with van der Waals surface area (Å²) in [6.45, 7) is 7.55. The molecule has 2 rings (SSSR count). The van der Waals surface area contributed by atoms with Crippen LogP contribution in [0, 0.1) is 0 Å². The molecule has 0 N–H and O–H groups in total. The summed E-state index contributed by atoms with van der Waals surface area (Å²) < 4.78 is 5.70. The molecule has 0 radical (unpaired) electrons. The Morgan fingerprint density at radius 1 is 1.30 bits per heavy atom. The van der Waals surface area contributed by atoms with Crippen molar-refractivity contribution in [3.8, 4) is 0 Å². The molecule has 20 heavy (non-hydrogen) atoms. The van der Waals surface area contributed by atoms with Gasteiger partial charge in [-0.2, -0.15) is 0 Å². The Morgan fingerprint density at radius 2 is 1.95 bits per heavy atom. The molecular weight excluding hydrogens is 270 g/mol. The van der Waals surface area contributed by atoms with Crippen LogP contribution in [0.25, 0.3) is 0 Å². The Bertz CT molecular complexity index is 454.